The Balaban J connectivity index is 2.86. The molecular weight excluding hydrogens is 256 g/mol. The van der Waals surface area contributed by atoms with E-state index in [1.807, 2.05) is 17.7 Å². The van der Waals surface area contributed by atoms with Crippen molar-refractivity contribution >= 4 is 14.8 Å². The van der Waals surface area contributed by atoms with Gasteiger partial charge in [-0.2, -0.15) is 5.10 Å². The SMILES string of the molecule is CCCCCC(O[SiH](C)C)n1nc(C(C)=O)cc1C. The number of carbonyl (C=O) groups excluding carboxylic acids is 1. The van der Waals surface area contributed by atoms with Crippen molar-refractivity contribution in [3.63, 3.8) is 0 Å². The van der Waals surface area contributed by atoms with Gasteiger partial charge in [-0.1, -0.05) is 19.8 Å². The molecule has 0 radical (unpaired) electrons. The average molecular weight is 282 g/mol. The Bertz CT molecular complexity index is 416. The third-order valence-electron chi connectivity index (χ3n) is 3.04. The molecule has 1 atom stereocenters. The number of carbonyl (C=O) groups is 1. The quantitative estimate of drug-likeness (QED) is 0.416. The molecule has 0 aliphatic heterocycles. The normalized spacial score (nSPS) is 12.9. The fourth-order valence-electron chi connectivity index (χ4n) is 2.08. The molecule has 0 saturated carbocycles. The predicted molar refractivity (Wildman–Crippen MR) is 80.1 cm³/mol. The maximum Gasteiger partial charge on any atom is 0.179 e. The number of nitrogens with zero attached hydrogens (tertiary/aromatic N) is 2. The molecule has 0 fully saturated rings. The van der Waals surface area contributed by atoms with Gasteiger partial charge < -0.3 is 4.43 Å². The Labute approximate surface area is 117 Å². The van der Waals surface area contributed by atoms with Crippen LogP contribution in [0.2, 0.25) is 13.1 Å². The highest BCUT2D eigenvalue weighted by Crippen LogP contribution is 2.21. The summed E-state index contributed by atoms with van der Waals surface area (Å²) in [5.41, 5.74) is 1.54. The third-order valence-corrected chi connectivity index (χ3v) is 3.90. The Morgan fingerprint density at radius 3 is 2.63 bits per heavy atom. The molecule has 0 N–H and O–H groups in total. The number of unbranched alkanes of at least 4 members (excludes halogenated alkanes) is 2. The highest BCUT2D eigenvalue weighted by molar-refractivity contribution is 6.48. The van der Waals surface area contributed by atoms with E-state index in [2.05, 4.69) is 25.1 Å². The summed E-state index contributed by atoms with van der Waals surface area (Å²) >= 11 is 0. The van der Waals surface area contributed by atoms with Crippen molar-refractivity contribution in [3.05, 3.63) is 17.5 Å². The van der Waals surface area contributed by atoms with E-state index in [9.17, 15) is 4.79 Å². The minimum absolute atomic E-state index is 0.00804. The van der Waals surface area contributed by atoms with Crippen LogP contribution in [0.1, 0.15) is 61.9 Å². The Hall–Kier alpha value is -0.943. The first-order valence-corrected chi connectivity index (χ1v) is 9.96. The molecule has 1 aromatic heterocycles. The van der Waals surface area contributed by atoms with E-state index in [0.29, 0.717) is 5.69 Å². The summed E-state index contributed by atoms with van der Waals surface area (Å²) in [7, 11) is -1.13. The van der Waals surface area contributed by atoms with Gasteiger partial charge in [0, 0.05) is 12.6 Å². The monoisotopic (exact) mass is 282 g/mol. The lowest BCUT2D eigenvalue weighted by Crippen LogP contribution is -2.22. The molecule has 0 spiro atoms. The summed E-state index contributed by atoms with van der Waals surface area (Å²) in [6, 6.07) is 1.85. The average Bonchev–Trinajstić information content (AvgIpc) is 2.70. The van der Waals surface area contributed by atoms with Crippen molar-refractivity contribution in [1.82, 2.24) is 9.78 Å². The first-order chi connectivity index (χ1) is 8.95. The van der Waals surface area contributed by atoms with E-state index >= 15 is 0 Å². The van der Waals surface area contributed by atoms with Gasteiger partial charge >= 0.3 is 0 Å². The largest absolute Gasteiger partial charge is 0.399 e. The highest BCUT2D eigenvalue weighted by atomic mass is 28.3. The summed E-state index contributed by atoms with van der Waals surface area (Å²) in [4.78, 5) is 11.4. The van der Waals surface area contributed by atoms with Crippen molar-refractivity contribution in [3.8, 4) is 0 Å². The van der Waals surface area contributed by atoms with Crippen molar-refractivity contribution in [1.29, 1.82) is 0 Å². The molecule has 1 unspecified atom stereocenters. The van der Waals surface area contributed by atoms with Gasteiger partial charge in [0.2, 0.25) is 0 Å². The number of ketones is 1. The number of aromatic nitrogens is 2. The van der Waals surface area contributed by atoms with E-state index in [4.69, 9.17) is 4.43 Å². The second-order valence-corrected chi connectivity index (χ2v) is 7.68. The van der Waals surface area contributed by atoms with Crippen LogP contribution in [-0.4, -0.2) is 24.6 Å². The summed E-state index contributed by atoms with van der Waals surface area (Å²) in [6.45, 7) is 10.1. The number of hydrogen-bond acceptors (Lipinski definition) is 3. The molecule has 19 heavy (non-hydrogen) atoms. The molecule has 108 valence electrons. The fourth-order valence-corrected chi connectivity index (χ4v) is 2.96. The summed E-state index contributed by atoms with van der Waals surface area (Å²) in [5, 5.41) is 4.41. The smallest absolute Gasteiger partial charge is 0.179 e. The van der Waals surface area contributed by atoms with Crippen molar-refractivity contribution in [2.75, 3.05) is 0 Å². The molecule has 0 aliphatic rings. The van der Waals surface area contributed by atoms with Crippen LogP contribution >= 0.6 is 0 Å². The third kappa shape index (κ3) is 4.91. The van der Waals surface area contributed by atoms with Gasteiger partial charge in [-0.15, -0.1) is 0 Å². The summed E-state index contributed by atoms with van der Waals surface area (Å²) in [6.07, 6.45) is 4.50. The van der Waals surface area contributed by atoms with Crippen LogP contribution in [0.4, 0.5) is 0 Å². The van der Waals surface area contributed by atoms with E-state index in [1.54, 1.807) is 6.92 Å². The summed E-state index contributed by atoms with van der Waals surface area (Å²) < 4.78 is 7.97. The number of aryl methyl sites for hydroxylation is 1. The zero-order valence-electron chi connectivity index (χ0n) is 12.8. The van der Waals surface area contributed by atoms with Crippen molar-refractivity contribution in [2.24, 2.45) is 0 Å². The van der Waals surface area contributed by atoms with E-state index in [1.165, 1.54) is 12.8 Å². The van der Waals surface area contributed by atoms with Gasteiger partial charge in [0.1, 0.15) is 11.9 Å². The van der Waals surface area contributed by atoms with Gasteiger partial charge in [-0.3, -0.25) is 4.79 Å². The Morgan fingerprint density at radius 1 is 1.47 bits per heavy atom. The van der Waals surface area contributed by atoms with Crippen LogP contribution in [0.15, 0.2) is 6.07 Å². The lowest BCUT2D eigenvalue weighted by molar-refractivity contribution is 0.0972. The molecule has 0 aliphatic carbocycles. The molecule has 4 nitrogen and oxygen atoms in total. The molecular formula is C14H26N2O2Si. The number of Topliss-reactive ketones (excluding diaryl/α,β-unsaturated/α-hetero) is 1. The first-order valence-electron chi connectivity index (χ1n) is 7.18. The number of rotatable bonds is 8. The zero-order valence-corrected chi connectivity index (χ0v) is 13.9. The molecule has 0 saturated heterocycles. The van der Waals surface area contributed by atoms with Crippen LogP contribution in [0.3, 0.4) is 0 Å². The minimum atomic E-state index is -1.13. The molecule has 0 amide bonds. The van der Waals surface area contributed by atoms with Gasteiger partial charge in [0.25, 0.3) is 0 Å². The van der Waals surface area contributed by atoms with Crippen molar-refractivity contribution in [2.45, 2.75) is 65.8 Å². The van der Waals surface area contributed by atoms with E-state index < -0.39 is 9.04 Å². The van der Waals surface area contributed by atoms with Gasteiger partial charge in [-0.25, -0.2) is 4.68 Å². The van der Waals surface area contributed by atoms with E-state index in [-0.39, 0.29) is 12.0 Å². The maximum absolute atomic E-state index is 11.4. The Morgan fingerprint density at radius 2 is 2.16 bits per heavy atom. The minimum Gasteiger partial charge on any atom is -0.399 e. The lowest BCUT2D eigenvalue weighted by Gasteiger charge is -2.22. The van der Waals surface area contributed by atoms with Crippen LogP contribution < -0.4 is 0 Å². The van der Waals surface area contributed by atoms with Gasteiger partial charge in [0.15, 0.2) is 14.8 Å². The van der Waals surface area contributed by atoms with E-state index in [0.717, 1.165) is 18.5 Å². The number of hydrogen-bond donors (Lipinski definition) is 0. The van der Waals surface area contributed by atoms with Gasteiger partial charge in [-0.05, 0) is 38.9 Å². The van der Waals surface area contributed by atoms with Crippen LogP contribution in [0.5, 0.6) is 0 Å². The molecule has 1 heterocycles. The molecule has 1 aromatic rings. The molecule has 0 aromatic carbocycles. The molecule has 1 rings (SSSR count). The van der Waals surface area contributed by atoms with Crippen LogP contribution in [0.25, 0.3) is 0 Å². The Kier molecular flexibility index (Phi) is 6.44. The maximum atomic E-state index is 11.4. The van der Waals surface area contributed by atoms with Crippen molar-refractivity contribution < 1.29 is 9.22 Å². The second kappa shape index (κ2) is 7.60. The fraction of sp³-hybridized carbons (Fsp3) is 0.714. The first kappa shape index (κ1) is 16.1. The van der Waals surface area contributed by atoms with Crippen LogP contribution in [0, 0.1) is 6.92 Å². The molecule has 0 bridgehead atoms. The zero-order chi connectivity index (χ0) is 14.4. The second-order valence-electron chi connectivity index (χ2n) is 5.31. The van der Waals surface area contributed by atoms with Crippen LogP contribution in [-0.2, 0) is 4.43 Å². The predicted octanol–water partition coefficient (Wildman–Crippen LogP) is 3.47. The standard InChI is InChI=1S/C14H26N2O2Si/c1-6-7-8-9-14(18-19(4)5)16-11(2)10-13(15-16)12(3)17/h10,14,19H,6-9H2,1-5H3. The summed E-state index contributed by atoms with van der Waals surface area (Å²) in [5.74, 6) is 0.0101. The highest BCUT2D eigenvalue weighted by Gasteiger charge is 2.18. The van der Waals surface area contributed by atoms with Gasteiger partial charge in [0.05, 0.1) is 0 Å². The topological polar surface area (TPSA) is 44.1 Å². The molecule has 5 heteroatoms. The lowest BCUT2D eigenvalue weighted by atomic mass is 10.2.